The second kappa shape index (κ2) is 3.72. The Hall–Kier alpha value is -1.13. The van der Waals surface area contributed by atoms with Crippen molar-refractivity contribution in [1.29, 1.82) is 0 Å². The normalized spacial score (nSPS) is 31.6. The van der Waals surface area contributed by atoms with Crippen molar-refractivity contribution in [1.82, 2.24) is 0 Å². The third kappa shape index (κ3) is 2.40. The summed E-state index contributed by atoms with van der Waals surface area (Å²) >= 11 is 0. The Morgan fingerprint density at radius 3 is 2.77 bits per heavy atom. The number of hydrogen-bond acceptors (Lipinski definition) is 3. The second-order valence-electron chi connectivity index (χ2n) is 3.12. The van der Waals surface area contributed by atoms with Gasteiger partial charge in [0.15, 0.2) is 0 Å². The zero-order valence-electron chi connectivity index (χ0n) is 7.27. The number of hydrogen-bond donors (Lipinski definition) is 3. The van der Waals surface area contributed by atoms with Gasteiger partial charge in [0.2, 0.25) is 0 Å². The van der Waals surface area contributed by atoms with Crippen LogP contribution in [0.3, 0.4) is 0 Å². The molecule has 0 amide bonds. The van der Waals surface area contributed by atoms with Crippen LogP contribution in [0.2, 0.25) is 0 Å². The Labute approximate surface area is 75.8 Å². The summed E-state index contributed by atoms with van der Waals surface area (Å²) in [5.74, 6) is -1.04. The van der Waals surface area contributed by atoms with Crippen LogP contribution in [-0.2, 0) is 4.79 Å². The van der Waals surface area contributed by atoms with Crippen LogP contribution < -0.4 is 0 Å². The topological polar surface area (TPSA) is 77.8 Å². The molecule has 4 nitrogen and oxygen atoms in total. The zero-order chi connectivity index (χ0) is 10.0. The molecule has 0 saturated carbocycles. The van der Waals surface area contributed by atoms with Crippen molar-refractivity contribution in [2.45, 2.75) is 25.6 Å². The lowest BCUT2D eigenvalue weighted by atomic mass is 9.90. The Morgan fingerprint density at radius 1 is 1.62 bits per heavy atom. The molecule has 72 valence electrons. The molecule has 0 aromatic rings. The highest BCUT2D eigenvalue weighted by atomic mass is 16.4. The number of carboxylic acids is 1. The number of aliphatic hydroxyl groups excluding tert-OH is 2. The minimum absolute atomic E-state index is 0.190. The SMILES string of the molecule is CC1=CC(O)C(O)C/C1=C\C(=O)O. The highest BCUT2D eigenvalue weighted by Crippen LogP contribution is 2.23. The molecule has 0 bridgehead atoms. The predicted molar refractivity (Wildman–Crippen MR) is 46.1 cm³/mol. The minimum atomic E-state index is -1.04. The van der Waals surface area contributed by atoms with Crippen LogP contribution in [0.5, 0.6) is 0 Å². The second-order valence-corrected chi connectivity index (χ2v) is 3.12. The first-order chi connectivity index (χ1) is 6.00. The summed E-state index contributed by atoms with van der Waals surface area (Å²) in [6, 6.07) is 0. The monoisotopic (exact) mass is 184 g/mol. The van der Waals surface area contributed by atoms with E-state index in [1.54, 1.807) is 6.92 Å². The molecule has 0 aromatic heterocycles. The van der Waals surface area contributed by atoms with Crippen molar-refractivity contribution in [3.05, 3.63) is 23.3 Å². The largest absolute Gasteiger partial charge is 0.478 e. The van der Waals surface area contributed by atoms with Crippen LogP contribution in [0.25, 0.3) is 0 Å². The number of allylic oxidation sites excluding steroid dienone is 1. The van der Waals surface area contributed by atoms with Gasteiger partial charge in [0.1, 0.15) is 0 Å². The third-order valence-electron chi connectivity index (χ3n) is 2.05. The van der Waals surface area contributed by atoms with E-state index in [-0.39, 0.29) is 6.42 Å². The van der Waals surface area contributed by atoms with E-state index in [1.165, 1.54) is 6.08 Å². The fourth-order valence-electron chi connectivity index (χ4n) is 1.30. The molecule has 0 radical (unpaired) electrons. The number of carbonyl (C=O) groups is 1. The van der Waals surface area contributed by atoms with Gasteiger partial charge in [-0.05, 0) is 18.1 Å². The summed E-state index contributed by atoms with van der Waals surface area (Å²) in [5.41, 5.74) is 1.27. The first kappa shape index (κ1) is 9.95. The maximum atomic E-state index is 10.4. The van der Waals surface area contributed by atoms with E-state index in [2.05, 4.69) is 0 Å². The van der Waals surface area contributed by atoms with Crippen molar-refractivity contribution in [3.63, 3.8) is 0 Å². The Balaban J connectivity index is 2.91. The standard InChI is InChI=1S/C9H12O4/c1-5-2-7(10)8(11)3-6(5)4-9(12)13/h2,4,7-8,10-11H,3H2,1H3,(H,12,13)/b6-4+. The van der Waals surface area contributed by atoms with Gasteiger partial charge in [-0.25, -0.2) is 4.79 Å². The fraction of sp³-hybridized carbons (Fsp3) is 0.444. The van der Waals surface area contributed by atoms with Gasteiger partial charge in [-0.3, -0.25) is 0 Å². The number of rotatable bonds is 1. The first-order valence-corrected chi connectivity index (χ1v) is 3.99. The van der Waals surface area contributed by atoms with Gasteiger partial charge in [-0.15, -0.1) is 0 Å². The lowest BCUT2D eigenvalue weighted by Crippen LogP contribution is -2.28. The quantitative estimate of drug-likeness (QED) is 0.504. The molecule has 0 heterocycles. The van der Waals surface area contributed by atoms with E-state index < -0.39 is 18.2 Å². The number of carboxylic acid groups (broad SMARTS) is 1. The molecule has 1 aliphatic carbocycles. The average molecular weight is 184 g/mol. The van der Waals surface area contributed by atoms with Gasteiger partial charge >= 0.3 is 5.97 Å². The molecule has 0 aliphatic heterocycles. The van der Waals surface area contributed by atoms with E-state index in [1.807, 2.05) is 0 Å². The Bertz CT molecular complexity index is 277. The van der Waals surface area contributed by atoms with E-state index in [9.17, 15) is 15.0 Å². The average Bonchev–Trinajstić information content (AvgIpc) is 1.99. The lowest BCUT2D eigenvalue weighted by molar-refractivity contribution is -0.131. The summed E-state index contributed by atoms with van der Waals surface area (Å²) in [7, 11) is 0. The van der Waals surface area contributed by atoms with Crippen molar-refractivity contribution in [3.8, 4) is 0 Å². The molecule has 0 saturated heterocycles. The Kier molecular flexibility index (Phi) is 2.85. The van der Waals surface area contributed by atoms with Crippen molar-refractivity contribution < 1.29 is 20.1 Å². The molecule has 4 heteroatoms. The van der Waals surface area contributed by atoms with E-state index in [0.29, 0.717) is 11.1 Å². The summed E-state index contributed by atoms with van der Waals surface area (Å²) in [6.07, 6.45) is 0.930. The highest BCUT2D eigenvalue weighted by Gasteiger charge is 2.22. The summed E-state index contributed by atoms with van der Waals surface area (Å²) in [4.78, 5) is 10.4. The van der Waals surface area contributed by atoms with Crippen LogP contribution >= 0.6 is 0 Å². The Morgan fingerprint density at radius 2 is 2.23 bits per heavy atom. The van der Waals surface area contributed by atoms with Gasteiger partial charge in [0.05, 0.1) is 12.2 Å². The molecular weight excluding hydrogens is 172 g/mol. The lowest BCUT2D eigenvalue weighted by Gasteiger charge is -2.23. The molecule has 1 aliphatic rings. The number of aliphatic hydroxyl groups is 2. The first-order valence-electron chi connectivity index (χ1n) is 3.99. The van der Waals surface area contributed by atoms with Crippen LogP contribution in [0.15, 0.2) is 23.3 Å². The van der Waals surface area contributed by atoms with Gasteiger partial charge < -0.3 is 15.3 Å². The van der Waals surface area contributed by atoms with Crippen LogP contribution in [0.4, 0.5) is 0 Å². The van der Waals surface area contributed by atoms with E-state index in [4.69, 9.17) is 5.11 Å². The minimum Gasteiger partial charge on any atom is -0.478 e. The van der Waals surface area contributed by atoms with Crippen molar-refractivity contribution in [2.75, 3.05) is 0 Å². The molecule has 2 atom stereocenters. The zero-order valence-corrected chi connectivity index (χ0v) is 7.27. The molecular formula is C9H12O4. The third-order valence-corrected chi connectivity index (χ3v) is 2.05. The van der Waals surface area contributed by atoms with Crippen molar-refractivity contribution in [2.24, 2.45) is 0 Å². The summed E-state index contributed by atoms with van der Waals surface area (Å²) in [6.45, 7) is 1.71. The van der Waals surface area contributed by atoms with Gasteiger partial charge in [0, 0.05) is 12.5 Å². The predicted octanol–water partition coefficient (Wildman–Crippen LogP) is 0.0692. The van der Waals surface area contributed by atoms with Gasteiger partial charge in [-0.1, -0.05) is 6.08 Å². The molecule has 0 fully saturated rings. The van der Waals surface area contributed by atoms with E-state index in [0.717, 1.165) is 6.08 Å². The van der Waals surface area contributed by atoms with E-state index >= 15 is 0 Å². The highest BCUT2D eigenvalue weighted by molar-refractivity contribution is 5.81. The van der Waals surface area contributed by atoms with Crippen LogP contribution in [0.1, 0.15) is 13.3 Å². The van der Waals surface area contributed by atoms with Crippen LogP contribution in [0, 0.1) is 0 Å². The molecule has 13 heavy (non-hydrogen) atoms. The summed E-state index contributed by atoms with van der Waals surface area (Å²) < 4.78 is 0. The maximum absolute atomic E-state index is 10.4. The van der Waals surface area contributed by atoms with Crippen molar-refractivity contribution >= 4 is 5.97 Å². The molecule has 2 unspecified atom stereocenters. The molecule has 1 rings (SSSR count). The number of aliphatic carboxylic acids is 1. The fourth-order valence-corrected chi connectivity index (χ4v) is 1.30. The molecule has 0 spiro atoms. The maximum Gasteiger partial charge on any atom is 0.328 e. The van der Waals surface area contributed by atoms with Gasteiger partial charge in [0.25, 0.3) is 0 Å². The molecule has 0 aromatic carbocycles. The van der Waals surface area contributed by atoms with Gasteiger partial charge in [-0.2, -0.15) is 0 Å². The molecule has 3 N–H and O–H groups in total. The summed E-state index contributed by atoms with van der Waals surface area (Å²) in [5, 5.41) is 26.9. The smallest absolute Gasteiger partial charge is 0.328 e. The van der Waals surface area contributed by atoms with Crippen LogP contribution in [-0.4, -0.2) is 33.5 Å².